The second kappa shape index (κ2) is 9.22. The maximum Gasteiger partial charge on any atom is 0.235 e. The molecule has 0 saturated carbocycles. The van der Waals surface area contributed by atoms with Gasteiger partial charge in [-0.05, 0) is 55.3 Å². The fourth-order valence-corrected chi connectivity index (χ4v) is 3.03. The monoisotopic (exact) mass is 402 g/mol. The molecule has 3 aromatic rings. The van der Waals surface area contributed by atoms with Crippen molar-refractivity contribution in [2.45, 2.75) is 32.3 Å². The molecule has 1 aliphatic rings. The Balaban J connectivity index is 1.30. The molecular formula is C24H22N2O4. The average molecular weight is 402 g/mol. The van der Waals surface area contributed by atoms with Gasteiger partial charge in [-0.25, -0.2) is 0 Å². The van der Waals surface area contributed by atoms with Gasteiger partial charge in [0.1, 0.15) is 23.0 Å². The van der Waals surface area contributed by atoms with Gasteiger partial charge in [-0.1, -0.05) is 35.5 Å². The zero-order chi connectivity index (χ0) is 20.8. The van der Waals surface area contributed by atoms with Gasteiger partial charge < -0.3 is 19.1 Å². The summed E-state index contributed by atoms with van der Waals surface area (Å²) < 4.78 is 11.6. The van der Waals surface area contributed by atoms with Crippen molar-refractivity contribution in [2.24, 2.45) is 5.16 Å². The van der Waals surface area contributed by atoms with Gasteiger partial charge in [0.15, 0.2) is 6.10 Å². The van der Waals surface area contributed by atoms with E-state index in [1.54, 1.807) is 13.1 Å². The standard InChI is InChI=1S/C24H22N2O4/c1-17(27)7-10-19-11-14-22(16-25-19)29-24-15-23(30-26-24)18-8-12-21(13-9-18)28-20-5-3-2-4-6-20/h2-6,8-9,11-14,16,23H,7,10,15H2,1H3/t23-/m0/s1. The number of benzene rings is 2. The molecule has 2 heterocycles. The van der Waals surface area contributed by atoms with Crippen LogP contribution in [0.15, 0.2) is 78.1 Å². The quantitative estimate of drug-likeness (QED) is 0.540. The molecule has 6 nitrogen and oxygen atoms in total. The fourth-order valence-electron chi connectivity index (χ4n) is 3.03. The third-order valence-corrected chi connectivity index (χ3v) is 4.64. The number of aromatic nitrogens is 1. The van der Waals surface area contributed by atoms with Crippen LogP contribution in [0.4, 0.5) is 0 Å². The molecule has 1 atom stereocenters. The molecule has 0 bridgehead atoms. The summed E-state index contributed by atoms with van der Waals surface area (Å²) >= 11 is 0. The second-order valence-corrected chi connectivity index (χ2v) is 7.06. The third-order valence-electron chi connectivity index (χ3n) is 4.64. The van der Waals surface area contributed by atoms with E-state index in [0.29, 0.717) is 30.9 Å². The number of carbonyl (C=O) groups excluding carboxylic acids is 1. The van der Waals surface area contributed by atoms with Crippen molar-refractivity contribution in [1.29, 1.82) is 0 Å². The lowest BCUT2D eigenvalue weighted by Crippen LogP contribution is -2.07. The Bertz CT molecular complexity index is 1020. The fraction of sp³-hybridized carbons (Fsp3) is 0.208. The van der Waals surface area contributed by atoms with E-state index in [9.17, 15) is 4.79 Å². The number of pyridine rings is 1. The van der Waals surface area contributed by atoms with Gasteiger partial charge in [-0.15, -0.1) is 0 Å². The van der Waals surface area contributed by atoms with Gasteiger partial charge in [0.2, 0.25) is 5.90 Å². The Labute approximate surface area is 175 Å². The molecule has 0 amide bonds. The summed E-state index contributed by atoms with van der Waals surface area (Å²) in [5, 5.41) is 4.05. The van der Waals surface area contributed by atoms with Crippen LogP contribution in [-0.4, -0.2) is 16.7 Å². The van der Waals surface area contributed by atoms with E-state index in [-0.39, 0.29) is 11.9 Å². The molecule has 0 spiro atoms. The number of oxime groups is 1. The van der Waals surface area contributed by atoms with E-state index in [4.69, 9.17) is 14.3 Å². The number of hydrogen-bond donors (Lipinski definition) is 0. The van der Waals surface area contributed by atoms with Gasteiger partial charge in [-0.3, -0.25) is 4.98 Å². The first-order chi connectivity index (χ1) is 14.7. The topological polar surface area (TPSA) is 70.0 Å². The Hall–Kier alpha value is -3.67. The average Bonchev–Trinajstić information content (AvgIpc) is 3.23. The van der Waals surface area contributed by atoms with Crippen LogP contribution >= 0.6 is 0 Å². The van der Waals surface area contributed by atoms with E-state index < -0.39 is 0 Å². The molecule has 0 saturated heterocycles. The van der Waals surface area contributed by atoms with Crippen molar-refractivity contribution in [1.82, 2.24) is 4.98 Å². The van der Waals surface area contributed by atoms with E-state index in [2.05, 4.69) is 10.1 Å². The summed E-state index contributed by atoms with van der Waals surface area (Å²) in [5.41, 5.74) is 1.85. The van der Waals surface area contributed by atoms with E-state index >= 15 is 0 Å². The number of hydrogen-bond acceptors (Lipinski definition) is 6. The van der Waals surface area contributed by atoms with Crippen molar-refractivity contribution >= 4 is 11.7 Å². The molecule has 1 aromatic heterocycles. The minimum absolute atomic E-state index is 0.153. The molecule has 0 unspecified atom stereocenters. The molecule has 2 aromatic carbocycles. The highest BCUT2D eigenvalue weighted by Gasteiger charge is 2.24. The third kappa shape index (κ3) is 5.23. The van der Waals surface area contributed by atoms with Crippen molar-refractivity contribution in [2.75, 3.05) is 0 Å². The second-order valence-electron chi connectivity index (χ2n) is 7.06. The molecular weight excluding hydrogens is 380 g/mol. The van der Waals surface area contributed by atoms with Crippen LogP contribution in [0.2, 0.25) is 0 Å². The molecule has 4 rings (SSSR count). The smallest absolute Gasteiger partial charge is 0.235 e. The van der Waals surface area contributed by atoms with Crippen molar-refractivity contribution in [3.05, 3.63) is 84.2 Å². The van der Waals surface area contributed by atoms with Crippen LogP contribution in [0.3, 0.4) is 0 Å². The summed E-state index contributed by atoms with van der Waals surface area (Å²) in [6.07, 6.45) is 3.09. The number of ether oxygens (including phenoxy) is 2. The first kappa shape index (κ1) is 19.6. The van der Waals surface area contributed by atoms with Crippen molar-refractivity contribution in [3.8, 4) is 17.2 Å². The highest BCUT2D eigenvalue weighted by atomic mass is 16.7. The van der Waals surface area contributed by atoms with Gasteiger partial charge in [-0.2, -0.15) is 0 Å². The maximum atomic E-state index is 11.1. The number of Topliss-reactive ketones (excluding diaryl/α,β-unsaturated/α-hetero) is 1. The SMILES string of the molecule is CC(=O)CCc1ccc(OC2=NO[C@H](c3ccc(Oc4ccccc4)cc3)C2)cn1. The summed E-state index contributed by atoms with van der Waals surface area (Å²) in [6.45, 7) is 1.58. The number of carbonyl (C=O) groups is 1. The molecule has 0 fully saturated rings. The molecule has 0 N–H and O–H groups in total. The Morgan fingerprint density at radius 1 is 0.967 bits per heavy atom. The Morgan fingerprint density at radius 3 is 2.40 bits per heavy atom. The van der Waals surface area contributed by atoms with Gasteiger partial charge in [0, 0.05) is 12.1 Å². The lowest BCUT2D eigenvalue weighted by molar-refractivity contribution is -0.116. The normalized spacial score (nSPS) is 15.2. The Kier molecular flexibility index (Phi) is 6.03. The number of nitrogens with zero attached hydrogens (tertiary/aromatic N) is 2. The Morgan fingerprint density at radius 2 is 1.70 bits per heavy atom. The van der Waals surface area contributed by atoms with Gasteiger partial charge in [0.05, 0.1) is 12.6 Å². The van der Waals surface area contributed by atoms with Crippen LogP contribution < -0.4 is 9.47 Å². The minimum Gasteiger partial charge on any atom is -0.457 e. The van der Waals surface area contributed by atoms with Crippen molar-refractivity contribution < 1.29 is 19.1 Å². The number of para-hydroxylation sites is 1. The van der Waals surface area contributed by atoms with Crippen LogP contribution in [0.5, 0.6) is 17.2 Å². The first-order valence-electron chi connectivity index (χ1n) is 9.83. The molecule has 1 aliphatic heterocycles. The molecule has 6 heteroatoms. The maximum absolute atomic E-state index is 11.1. The van der Waals surface area contributed by atoms with Gasteiger partial charge in [0.25, 0.3) is 0 Å². The number of rotatable bonds is 7. The van der Waals surface area contributed by atoms with Crippen LogP contribution in [0, 0.1) is 0 Å². The van der Waals surface area contributed by atoms with Crippen LogP contribution in [0.1, 0.15) is 37.1 Å². The largest absolute Gasteiger partial charge is 0.457 e. The van der Waals surface area contributed by atoms with E-state index in [1.165, 1.54) is 0 Å². The number of aryl methyl sites for hydroxylation is 1. The molecule has 30 heavy (non-hydrogen) atoms. The highest BCUT2D eigenvalue weighted by Crippen LogP contribution is 2.30. The summed E-state index contributed by atoms with van der Waals surface area (Å²) in [4.78, 5) is 20.9. The first-order valence-corrected chi connectivity index (χ1v) is 9.83. The zero-order valence-electron chi connectivity index (χ0n) is 16.7. The number of ketones is 1. The molecule has 0 radical (unpaired) electrons. The van der Waals surface area contributed by atoms with E-state index in [0.717, 1.165) is 22.8 Å². The molecule has 152 valence electrons. The highest BCUT2D eigenvalue weighted by molar-refractivity contribution is 5.79. The van der Waals surface area contributed by atoms with E-state index in [1.807, 2.05) is 66.7 Å². The van der Waals surface area contributed by atoms with Gasteiger partial charge >= 0.3 is 0 Å². The lowest BCUT2D eigenvalue weighted by atomic mass is 10.1. The van der Waals surface area contributed by atoms with Crippen LogP contribution in [-0.2, 0) is 16.1 Å². The summed E-state index contributed by atoms with van der Waals surface area (Å²) in [5.74, 6) is 2.80. The molecule has 0 aliphatic carbocycles. The van der Waals surface area contributed by atoms with Crippen LogP contribution in [0.25, 0.3) is 0 Å². The summed E-state index contributed by atoms with van der Waals surface area (Å²) in [6, 6.07) is 21.1. The summed E-state index contributed by atoms with van der Waals surface area (Å²) in [7, 11) is 0. The lowest BCUT2D eigenvalue weighted by Gasteiger charge is -2.10. The zero-order valence-corrected chi connectivity index (χ0v) is 16.7. The van der Waals surface area contributed by atoms with Crippen molar-refractivity contribution in [3.63, 3.8) is 0 Å². The minimum atomic E-state index is -0.200. The predicted octanol–water partition coefficient (Wildman–Crippen LogP) is 5.25. The predicted molar refractivity (Wildman–Crippen MR) is 113 cm³/mol.